The number of ether oxygens (including phenoxy) is 2. The van der Waals surface area contributed by atoms with Crippen LogP contribution in [0.1, 0.15) is 113 Å². The first-order valence-corrected chi connectivity index (χ1v) is 17.7. The molecule has 0 saturated heterocycles. The normalized spacial score (nSPS) is 12.5. The van der Waals surface area contributed by atoms with Crippen LogP contribution < -0.4 is 10.7 Å². The third-order valence-corrected chi connectivity index (χ3v) is 7.89. The number of hydrogen-bond acceptors (Lipinski definition) is 7. The Kier molecular flexibility index (Phi) is 17.5. The Morgan fingerprint density at radius 3 is 1.85 bits per heavy atom. The Balaban J connectivity index is 2.23. The van der Waals surface area contributed by atoms with E-state index in [1.54, 1.807) is 51.1 Å². The molecule has 0 radical (unpaired) electrons. The summed E-state index contributed by atoms with van der Waals surface area (Å²) in [5.74, 6) is -4.10. The number of Topliss-reactive ketones (excluding diaryl/α,β-unsaturated/α-hetero) is 1. The number of nitrogens with zero attached hydrogens (tertiary/aromatic N) is 1. The minimum atomic E-state index is -5.36. The van der Waals surface area contributed by atoms with E-state index in [0.29, 0.717) is 30.4 Å². The molecule has 0 heterocycles. The number of esters is 1. The molecule has 2 rings (SSSR count). The number of hydrazine groups is 1. The van der Waals surface area contributed by atoms with E-state index in [9.17, 15) is 50.3 Å². The predicted octanol–water partition coefficient (Wildman–Crippen LogP) is 8.22. The van der Waals surface area contributed by atoms with Crippen LogP contribution in [0.4, 0.5) is 31.1 Å². The molecule has 0 bridgehead atoms. The number of nitrogens with one attached hydrogen (secondary N) is 2. The topological polar surface area (TPSA) is 131 Å². The number of alkyl halides is 6. The minimum Gasteiger partial charge on any atom is -0.454 e. The first-order chi connectivity index (χ1) is 25.1. The van der Waals surface area contributed by atoms with Gasteiger partial charge in [-0.3, -0.25) is 14.4 Å². The average Bonchev–Trinajstić information content (AvgIpc) is 3.07. The molecule has 0 saturated carbocycles. The molecule has 0 spiro atoms. The lowest BCUT2D eigenvalue weighted by Crippen LogP contribution is -2.59. The number of amides is 3. The maximum Gasteiger partial charge on any atom is 0.426 e. The number of hydrogen-bond donors (Lipinski definition) is 2. The van der Waals surface area contributed by atoms with Gasteiger partial charge < -0.3 is 14.8 Å². The molecule has 0 aliphatic rings. The molecule has 2 N–H and O–H groups in total. The third kappa shape index (κ3) is 16.2. The number of carbonyl (C=O) groups excluding carboxylic acids is 5. The zero-order valence-corrected chi connectivity index (χ0v) is 31.1. The Morgan fingerprint density at radius 2 is 1.31 bits per heavy atom. The largest absolute Gasteiger partial charge is 0.454 e. The zero-order valence-electron chi connectivity index (χ0n) is 31.1. The van der Waals surface area contributed by atoms with Gasteiger partial charge in [-0.15, -0.1) is 0 Å². The lowest BCUT2D eigenvalue weighted by molar-refractivity contribution is -0.144. The molecular weight excluding hydrogens is 724 g/mol. The molecule has 0 fully saturated rings. The molecule has 0 aliphatic heterocycles. The van der Waals surface area contributed by atoms with Crippen LogP contribution in [0.15, 0.2) is 48.5 Å². The second kappa shape index (κ2) is 20.7. The zero-order chi connectivity index (χ0) is 40.7. The highest BCUT2D eigenvalue weighted by atomic mass is 19.4. The van der Waals surface area contributed by atoms with Crippen molar-refractivity contribution in [3.63, 3.8) is 0 Å². The second-order valence-electron chi connectivity index (χ2n) is 14.2. The highest BCUT2D eigenvalue weighted by molar-refractivity contribution is 5.96. The van der Waals surface area contributed by atoms with Gasteiger partial charge in [0, 0.05) is 12.8 Å². The molecular formula is C38H49F6N3O7. The van der Waals surface area contributed by atoms with E-state index in [4.69, 9.17) is 4.74 Å². The molecule has 2 aromatic rings. The van der Waals surface area contributed by atoms with Crippen molar-refractivity contribution in [3.05, 3.63) is 70.8 Å². The van der Waals surface area contributed by atoms with E-state index in [0.717, 1.165) is 37.1 Å². The van der Waals surface area contributed by atoms with Crippen molar-refractivity contribution >= 4 is 29.7 Å². The van der Waals surface area contributed by atoms with Gasteiger partial charge in [-0.2, -0.15) is 26.3 Å². The van der Waals surface area contributed by atoms with Crippen LogP contribution in [0.2, 0.25) is 0 Å². The molecule has 0 aromatic heterocycles. The third-order valence-electron chi connectivity index (χ3n) is 7.89. The summed E-state index contributed by atoms with van der Waals surface area (Å²) in [6, 6.07) is 7.97. The molecule has 2 aromatic carbocycles. The number of ketones is 1. The highest BCUT2D eigenvalue weighted by Crippen LogP contribution is 2.39. The maximum absolute atomic E-state index is 13.7. The van der Waals surface area contributed by atoms with Gasteiger partial charge in [0.25, 0.3) is 0 Å². The van der Waals surface area contributed by atoms with E-state index in [1.807, 2.05) is 0 Å². The molecule has 300 valence electrons. The minimum absolute atomic E-state index is 0.0471. The van der Waals surface area contributed by atoms with E-state index in [2.05, 4.69) is 29.3 Å². The summed E-state index contributed by atoms with van der Waals surface area (Å²) < 4.78 is 91.0. The van der Waals surface area contributed by atoms with Crippen molar-refractivity contribution in [3.8, 4) is 0 Å². The lowest BCUT2D eigenvalue weighted by Gasteiger charge is -2.32. The van der Waals surface area contributed by atoms with Gasteiger partial charge in [-0.25, -0.2) is 20.0 Å². The van der Waals surface area contributed by atoms with Gasteiger partial charge in [-0.05, 0) is 50.8 Å². The molecule has 3 amide bonds. The maximum atomic E-state index is 13.7. The van der Waals surface area contributed by atoms with Crippen molar-refractivity contribution in [2.24, 2.45) is 5.92 Å². The molecule has 0 aliphatic carbocycles. The van der Waals surface area contributed by atoms with Crippen molar-refractivity contribution in [2.75, 3.05) is 13.2 Å². The van der Waals surface area contributed by atoms with Crippen LogP contribution in [0.3, 0.4) is 0 Å². The van der Waals surface area contributed by atoms with Crippen LogP contribution >= 0.6 is 0 Å². The van der Waals surface area contributed by atoms with Crippen molar-refractivity contribution in [1.29, 1.82) is 0 Å². The average molecular weight is 774 g/mol. The van der Waals surface area contributed by atoms with Gasteiger partial charge in [0.05, 0.1) is 23.2 Å². The number of benzene rings is 2. The summed E-state index contributed by atoms with van der Waals surface area (Å²) in [4.78, 5) is 65.4. The Hall–Kier alpha value is -4.63. The second-order valence-corrected chi connectivity index (χ2v) is 14.2. The monoisotopic (exact) mass is 773 g/mol. The van der Waals surface area contributed by atoms with Gasteiger partial charge in [0.2, 0.25) is 11.8 Å². The SMILES string of the molecule is CC(C)CCCCCCCCC(=O)N(NC(=O)OC(C)(C)C)C(Cc1ccccc1)C(=O)NCC(=O)COC(=O)c1c(C(F)(F)F)cccc1C(F)(F)F. The van der Waals surface area contributed by atoms with Crippen LogP contribution in [-0.4, -0.2) is 59.5 Å². The fourth-order valence-electron chi connectivity index (χ4n) is 5.33. The van der Waals surface area contributed by atoms with Crippen LogP contribution in [-0.2, 0) is 42.6 Å². The summed E-state index contributed by atoms with van der Waals surface area (Å²) in [5, 5.41) is 3.10. The summed E-state index contributed by atoms with van der Waals surface area (Å²) in [6.45, 7) is 6.92. The Bertz CT molecular complexity index is 1520. The quantitative estimate of drug-likeness (QED) is 0.0676. The van der Waals surface area contributed by atoms with E-state index >= 15 is 0 Å². The van der Waals surface area contributed by atoms with Gasteiger partial charge in [-0.1, -0.05) is 88.8 Å². The summed E-state index contributed by atoms with van der Waals surface area (Å²) >= 11 is 0. The molecule has 16 heteroatoms. The van der Waals surface area contributed by atoms with Gasteiger partial charge >= 0.3 is 24.4 Å². The standard InChI is InChI=1S/C38H49F6N3O7/c1-25(2)16-11-8-6-7-9-14-21-31(49)47(46-35(52)54-36(3,4)5)30(22-26-17-12-10-13-18-26)33(50)45-23-27(48)24-53-34(51)32-28(37(39,40)41)19-15-20-29(32)38(42,43)44/h10,12-13,15,17-20,25,30H,6-9,11,14,16,21-24H2,1-5H3,(H,45,50)(H,46,52). The van der Waals surface area contributed by atoms with E-state index in [1.165, 1.54) is 0 Å². The lowest BCUT2D eigenvalue weighted by atomic mass is 10.00. The number of rotatable bonds is 18. The summed E-state index contributed by atoms with van der Waals surface area (Å²) in [7, 11) is 0. The predicted molar refractivity (Wildman–Crippen MR) is 187 cm³/mol. The Morgan fingerprint density at radius 1 is 0.759 bits per heavy atom. The smallest absolute Gasteiger partial charge is 0.426 e. The summed E-state index contributed by atoms with van der Waals surface area (Å²) in [5.41, 5.74) is -3.68. The highest BCUT2D eigenvalue weighted by Gasteiger charge is 2.43. The first-order valence-electron chi connectivity index (χ1n) is 17.7. The van der Waals surface area contributed by atoms with Crippen LogP contribution in [0.5, 0.6) is 0 Å². The fourth-order valence-corrected chi connectivity index (χ4v) is 5.33. The first kappa shape index (κ1) is 45.5. The number of unbranched alkanes of at least 4 members (excludes halogenated alkanes) is 5. The number of halogens is 6. The molecule has 10 nitrogen and oxygen atoms in total. The van der Waals surface area contributed by atoms with Crippen LogP contribution in [0, 0.1) is 5.92 Å². The summed E-state index contributed by atoms with van der Waals surface area (Å²) in [6.07, 6.45) is -5.61. The van der Waals surface area contributed by atoms with Crippen molar-refractivity contribution in [1.82, 2.24) is 15.8 Å². The van der Waals surface area contributed by atoms with Crippen molar-refractivity contribution in [2.45, 2.75) is 116 Å². The van der Waals surface area contributed by atoms with Gasteiger partial charge in [0.15, 0.2) is 12.4 Å². The van der Waals surface area contributed by atoms with Crippen LogP contribution in [0.25, 0.3) is 0 Å². The van der Waals surface area contributed by atoms with Crippen molar-refractivity contribution < 1.29 is 59.8 Å². The van der Waals surface area contributed by atoms with E-state index in [-0.39, 0.29) is 25.0 Å². The molecule has 54 heavy (non-hydrogen) atoms. The molecule has 1 unspecified atom stereocenters. The fraction of sp³-hybridized carbons (Fsp3) is 0.553. The van der Waals surface area contributed by atoms with E-state index < -0.39 is 83.5 Å². The Labute approximate surface area is 311 Å². The number of carbonyl (C=O) groups is 5. The molecule has 1 atom stereocenters. The van der Waals surface area contributed by atoms with Gasteiger partial charge in [0.1, 0.15) is 11.6 Å².